The van der Waals surface area contributed by atoms with Gasteiger partial charge in [-0.15, -0.1) is 0 Å². The minimum Gasteiger partial charge on any atom is -0.271 e. The zero-order valence-corrected chi connectivity index (χ0v) is 12.5. The number of aryl methyl sites for hydroxylation is 2. The number of aromatic nitrogens is 2. The van der Waals surface area contributed by atoms with E-state index in [2.05, 4.69) is 10.5 Å². The molecule has 2 heterocycles. The molecule has 2 rings (SSSR count). The molecule has 1 aromatic rings. The van der Waals surface area contributed by atoms with E-state index in [1.165, 1.54) is 25.0 Å². The smallest absolute Gasteiger partial charge is 0.0847 e. The van der Waals surface area contributed by atoms with E-state index >= 15 is 0 Å². The highest BCUT2D eigenvalue weighted by atomic mass is 35.5. The lowest BCUT2D eigenvalue weighted by molar-refractivity contribution is 0.461. The van der Waals surface area contributed by atoms with Crippen molar-refractivity contribution in [2.75, 3.05) is 5.75 Å². The molecule has 3 N–H and O–H groups in total. The van der Waals surface area contributed by atoms with Crippen LogP contribution in [0.15, 0.2) is 0 Å². The lowest BCUT2D eigenvalue weighted by atomic mass is 10.0. The van der Waals surface area contributed by atoms with Gasteiger partial charge in [-0.25, -0.2) is 0 Å². The molecule has 1 saturated heterocycles. The Kier molecular flexibility index (Phi) is 4.95. The second-order valence-electron chi connectivity index (χ2n) is 4.85. The second-order valence-corrected chi connectivity index (χ2v) is 6.58. The number of hydrazine groups is 1. The molecule has 2 atom stereocenters. The molecule has 0 aliphatic carbocycles. The zero-order valence-electron chi connectivity index (χ0n) is 10.9. The fourth-order valence-corrected chi connectivity index (χ4v) is 4.14. The molecule has 0 saturated carbocycles. The maximum absolute atomic E-state index is 6.30. The fourth-order valence-electron chi connectivity index (χ4n) is 2.49. The average molecular weight is 289 g/mol. The van der Waals surface area contributed by atoms with Crippen LogP contribution in [0.3, 0.4) is 0 Å². The minimum absolute atomic E-state index is 0.266. The molecule has 0 radical (unpaired) electrons. The first-order valence-electron chi connectivity index (χ1n) is 6.39. The summed E-state index contributed by atoms with van der Waals surface area (Å²) in [6.07, 6.45) is 4.69. The van der Waals surface area contributed by atoms with Gasteiger partial charge in [-0.3, -0.25) is 16.0 Å². The Balaban J connectivity index is 2.09. The molecule has 2 unspecified atom stereocenters. The van der Waals surface area contributed by atoms with Crippen molar-refractivity contribution in [3.8, 4) is 0 Å². The van der Waals surface area contributed by atoms with Gasteiger partial charge in [0.1, 0.15) is 0 Å². The number of rotatable bonds is 4. The maximum Gasteiger partial charge on any atom is 0.0847 e. The van der Waals surface area contributed by atoms with Crippen molar-refractivity contribution in [3.63, 3.8) is 0 Å². The highest BCUT2D eigenvalue weighted by molar-refractivity contribution is 8.00. The van der Waals surface area contributed by atoms with E-state index < -0.39 is 0 Å². The number of thioether (sulfide) groups is 1. The van der Waals surface area contributed by atoms with Crippen LogP contribution in [0, 0.1) is 6.92 Å². The van der Waals surface area contributed by atoms with Gasteiger partial charge >= 0.3 is 0 Å². The summed E-state index contributed by atoms with van der Waals surface area (Å²) in [6, 6.07) is 0.266. The van der Waals surface area contributed by atoms with Gasteiger partial charge in [0.2, 0.25) is 0 Å². The first kappa shape index (κ1) is 14.2. The van der Waals surface area contributed by atoms with Crippen LogP contribution < -0.4 is 11.3 Å². The summed E-state index contributed by atoms with van der Waals surface area (Å²) in [5.74, 6) is 6.96. The fraction of sp³-hybridized carbons (Fsp3) is 0.750. The predicted octanol–water partition coefficient (Wildman–Crippen LogP) is 2.04. The molecule has 0 bridgehead atoms. The van der Waals surface area contributed by atoms with Crippen LogP contribution in [0.2, 0.25) is 5.02 Å². The first-order valence-corrected chi connectivity index (χ1v) is 7.82. The Morgan fingerprint density at radius 3 is 2.89 bits per heavy atom. The molecule has 102 valence electrons. The maximum atomic E-state index is 6.30. The van der Waals surface area contributed by atoms with Crippen molar-refractivity contribution in [1.29, 1.82) is 0 Å². The summed E-state index contributed by atoms with van der Waals surface area (Å²) in [5, 5.41) is 5.71. The summed E-state index contributed by atoms with van der Waals surface area (Å²) in [5.41, 5.74) is 4.93. The van der Waals surface area contributed by atoms with Crippen LogP contribution in [0.4, 0.5) is 0 Å². The number of halogens is 1. The third kappa shape index (κ3) is 3.02. The van der Waals surface area contributed by atoms with Crippen LogP contribution in [0.1, 0.15) is 30.7 Å². The number of hydrogen-bond donors (Lipinski definition) is 2. The van der Waals surface area contributed by atoms with Gasteiger partial charge in [0.25, 0.3) is 0 Å². The Morgan fingerprint density at radius 2 is 2.39 bits per heavy atom. The van der Waals surface area contributed by atoms with Crippen LogP contribution >= 0.6 is 23.4 Å². The van der Waals surface area contributed by atoms with Crippen LogP contribution in [0.25, 0.3) is 0 Å². The largest absolute Gasteiger partial charge is 0.271 e. The molecule has 1 fully saturated rings. The van der Waals surface area contributed by atoms with Crippen LogP contribution in [-0.2, 0) is 13.5 Å². The van der Waals surface area contributed by atoms with Crippen molar-refractivity contribution in [2.45, 2.75) is 43.9 Å². The van der Waals surface area contributed by atoms with E-state index in [0.29, 0.717) is 5.25 Å². The van der Waals surface area contributed by atoms with E-state index in [0.717, 1.165) is 22.8 Å². The molecule has 6 heteroatoms. The number of nitrogens with zero attached hydrogens (tertiary/aromatic N) is 2. The van der Waals surface area contributed by atoms with E-state index in [1.807, 2.05) is 30.4 Å². The molecular weight excluding hydrogens is 268 g/mol. The zero-order chi connectivity index (χ0) is 13.1. The first-order chi connectivity index (χ1) is 8.63. The Bertz CT molecular complexity index is 401. The standard InChI is InChI=1S/C12H21ClN4S/c1-8-12(13)10(17(2)16-8)7-9(15-14)11-5-3-4-6-18-11/h9,11,15H,3-7,14H2,1-2H3. The molecular formula is C12H21ClN4S. The minimum atomic E-state index is 0.266. The summed E-state index contributed by atoms with van der Waals surface area (Å²) in [7, 11) is 1.94. The third-order valence-electron chi connectivity index (χ3n) is 3.55. The quantitative estimate of drug-likeness (QED) is 0.658. The van der Waals surface area contributed by atoms with Crippen molar-refractivity contribution in [1.82, 2.24) is 15.2 Å². The lowest BCUT2D eigenvalue weighted by Crippen LogP contribution is -2.45. The van der Waals surface area contributed by atoms with E-state index in [9.17, 15) is 0 Å². The van der Waals surface area contributed by atoms with Gasteiger partial charge in [-0.2, -0.15) is 16.9 Å². The van der Waals surface area contributed by atoms with Crippen LogP contribution in [0.5, 0.6) is 0 Å². The highest BCUT2D eigenvalue weighted by Crippen LogP contribution is 2.30. The summed E-state index contributed by atoms with van der Waals surface area (Å²) < 4.78 is 1.87. The van der Waals surface area contributed by atoms with Gasteiger partial charge in [0, 0.05) is 24.8 Å². The number of nitrogens with one attached hydrogen (secondary N) is 1. The topological polar surface area (TPSA) is 55.9 Å². The number of nitrogens with two attached hydrogens (primary N) is 1. The van der Waals surface area contributed by atoms with Gasteiger partial charge in [-0.1, -0.05) is 18.0 Å². The van der Waals surface area contributed by atoms with Gasteiger partial charge < -0.3 is 0 Å². The van der Waals surface area contributed by atoms with Gasteiger partial charge in [0.05, 0.1) is 16.4 Å². The molecule has 1 aliphatic rings. The average Bonchev–Trinajstić information content (AvgIpc) is 2.62. The van der Waals surface area contributed by atoms with Gasteiger partial charge in [0.15, 0.2) is 0 Å². The van der Waals surface area contributed by atoms with Crippen molar-refractivity contribution < 1.29 is 0 Å². The molecule has 0 spiro atoms. The van der Waals surface area contributed by atoms with Crippen molar-refractivity contribution in [3.05, 3.63) is 16.4 Å². The van der Waals surface area contributed by atoms with E-state index in [-0.39, 0.29) is 6.04 Å². The normalized spacial score (nSPS) is 22.1. The second kappa shape index (κ2) is 6.28. The van der Waals surface area contributed by atoms with E-state index in [1.54, 1.807) is 0 Å². The summed E-state index contributed by atoms with van der Waals surface area (Å²) in [4.78, 5) is 0. The molecule has 1 aliphatic heterocycles. The Hall–Kier alpha value is -0.230. The van der Waals surface area contributed by atoms with Crippen LogP contribution in [-0.4, -0.2) is 26.8 Å². The molecule has 0 amide bonds. The number of hydrogen-bond acceptors (Lipinski definition) is 4. The third-order valence-corrected chi connectivity index (χ3v) is 5.56. The molecule has 0 aromatic carbocycles. The lowest BCUT2D eigenvalue weighted by Gasteiger charge is -2.29. The van der Waals surface area contributed by atoms with Crippen molar-refractivity contribution in [2.24, 2.45) is 12.9 Å². The SMILES string of the molecule is Cc1nn(C)c(CC(NN)C2CCCCS2)c1Cl. The van der Waals surface area contributed by atoms with E-state index in [4.69, 9.17) is 17.4 Å². The predicted molar refractivity (Wildman–Crippen MR) is 77.9 cm³/mol. The molecule has 1 aromatic heterocycles. The van der Waals surface area contributed by atoms with Gasteiger partial charge in [-0.05, 0) is 25.5 Å². The Labute approximate surface area is 118 Å². The van der Waals surface area contributed by atoms with Crippen molar-refractivity contribution >= 4 is 23.4 Å². The Morgan fingerprint density at radius 1 is 1.61 bits per heavy atom. The highest BCUT2D eigenvalue weighted by Gasteiger charge is 2.25. The summed E-state index contributed by atoms with van der Waals surface area (Å²) >= 11 is 8.31. The molecule has 4 nitrogen and oxygen atoms in total. The molecule has 18 heavy (non-hydrogen) atoms. The monoisotopic (exact) mass is 288 g/mol. The summed E-state index contributed by atoms with van der Waals surface area (Å²) in [6.45, 7) is 1.94.